The van der Waals surface area contributed by atoms with Gasteiger partial charge in [0.05, 0.1) is 22.4 Å². The van der Waals surface area contributed by atoms with Crippen LogP contribution in [-0.4, -0.2) is 15.8 Å². The fraction of sp³-hybridized carbons (Fsp3) is 0.0909. The van der Waals surface area contributed by atoms with Crippen LogP contribution in [0.1, 0.15) is 11.5 Å². The first-order valence-corrected chi connectivity index (χ1v) is 12.7. The van der Waals surface area contributed by atoms with Crippen LogP contribution in [0.4, 0.5) is 16.3 Å². The predicted octanol–water partition coefficient (Wildman–Crippen LogP) is 5.13. The van der Waals surface area contributed by atoms with Crippen molar-refractivity contribution in [1.82, 2.24) is 9.78 Å². The molecule has 9 heteroatoms. The molecule has 2 aromatic carbocycles. The second kappa shape index (κ2) is 7.38. The number of aryl methyl sites for hydroxylation is 2. The zero-order chi connectivity index (χ0) is 21.8. The van der Waals surface area contributed by atoms with Crippen molar-refractivity contribution < 1.29 is 9.21 Å². The Balaban J connectivity index is 1.80. The van der Waals surface area contributed by atoms with Gasteiger partial charge in [-0.15, -0.1) is 0 Å². The van der Waals surface area contributed by atoms with Crippen molar-refractivity contribution in [1.29, 1.82) is 0 Å². The molecule has 1 atom stereocenters. The predicted molar refractivity (Wildman–Crippen MR) is 128 cm³/mol. The number of amides is 2. The molecule has 3 heterocycles. The van der Waals surface area contributed by atoms with Crippen molar-refractivity contribution in [3.05, 3.63) is 83.2 Å². The maximum Gasteiger partial charge on any atom is 0.332 e. The van der Waals surface area contributed by atoms with Gasteiger partial charge < -0.3 is 4.42 Å². The average Bonchev–Trinajstić information content (AvgIpc) is 3.34. The molecule has 2 amide bonds. The molecule has 0 bridgehead atoms. The number of nitrogens with zero attached hydrogens (tertiary/aromatic N) is 3. The van der Waals surface area contributed by atoms with Gasteiger partial charge in [0.2, 0.25) is 0 Å². The van der Waals surface area contributed by atoms with Crippen LogP contribution in [0.2, 0.25) is 5.02 Å². The molecule has 1 N–H and O–H groups in total. The number of urea groups is 1. The van der Waals surface area contributed by atoms with Crippen LogP contribution in [-0.2, 0) is 11.8 Å². The lowest BCUT2D eigenvalue weighted by Crippen LogP contribution is -2.45. The number of fused-ring (bicyclic) bond motifs is 1. The molecule has 0 radical (unpaired) electrons. The molecule has 1 unspecified atom stereocenters. The van der Waals surface area contributed by atoms with Gasteiger partial charge in [-0.1, -0.05) is 41.6 Å². The molecule has 0 saturated heterocycles. The lowest BCUT2D eigenvalue weighted by atomic mass is 10.3. The quantitative estimate of drug-likeness (QED) is 0.423. The Kier molecular flexibility index (Phi) is 4.77. The van der Waals surface area contributed by atoms with Gasteiger partial charge in [-0.25, -0.2) is 9.48 Å². The van der Waals surface area contributed by atoms with E-state index in [1.54, 1.807) is 33.6 Å². The molecule has 2 aromatic heterocycles. The fourth-order valence-corrected chi connectivity index (χ4v) is 8.22. The molecule has 0 aliphatic carbocycles. The van der Waals surface area contributed by atoms with Gasteiger partial charge in [-0.05, 0) is 62.4 Å². The highest BCUT2D eigenvalue weighted by Gasteiger charge is 2.46. The summed E-state index contributed by atoms with van der Waals surface area (Å²) in [4.78, 5) is 13.5. The lowest BCUT2D eigenvalue weighted by molar-refractivity contribution is 0.259. The number of furan rings is 1. The van der Waals surface area contributed by atoms with Crippen LogP contribution in [0.5, 0.6) is 0 Å². The number of carbonyl (C=O) groups excluding carboxylic acids is 1. The summed E-state index contributed by atoms with van der Waals surface area (Å²) in [6.07, 6.45) is -2.91. The number of hydrogen-bond donors (Lipinski definition) is 1. The summed E-state index contributed by atoms with van der Waals surface area (Å²) in [6, 6.07) is 20.1. The SMILES string of the molecule is Cc1ccc(P2(=S)c3c(C)nn(-c4ccccc4)c3NC(=O)N2c2ccc(Cl)cc2)o1. The normalized spacial score (nSPS) is 18.0. The van der Waals surface area contributed by atoms with E-state index in [-0.39, 0.29) is 6.03 Å². The largest absolute Gasteiger partial charge is 0.459 e. The van der Waals surface area contributed by atoms with Crippen LogP contribution in [0.15, 0.2) is 71.1 Å². The van der Waals surface area contributed by atoms with Gasteiger partial charge >= 0.3 is 6.03 Å². The van der Waals surface area contributed by atoms with Crippen molar-refractivity contribution in [3.63, 3.8) is 0 Å². The van der Waals surface area contributed by atoms with E-state index in [4.69, 9.17) is 32.9 Å². The standard InChI is InChI=1S/C22H18ClN4O2PS/c1-14-8-13-19(29-14)30(31)20-15(2)25-26(17-6-4-3-5-7-17)21(20)24-22(28)27(30)18-11-9-16(23)10-12-18/h3-13H,1-2H3,(H,24,28). The minimum absolute atomic E-state index is 0.329. The van der Waals surface area contributed by atoms with E-state index < -0.39 is 6.19 Å². The first kappa shape index (κ1) is 20.1. The first-order valence-electron chi connectivity index (χ1n) is 9.59. The minimum Gasteiger partial charge on any atom is -0.459 e. The number of carbonyl (C=O) groups is 1. The summed E-state index contributed by atoms with van der Waals surface area (Å²) in [5, 5.41) is 9.14. The van der Waals surface area contributed by atoms with Crippen LogP contribution >= 0.6 is 17.8 Å². The van der Waals surface area contributed by atoms with Gasteiger partial charge in [-0.2, -0.15) is 5.10 Å². The van der Waals surface area contributed by atoms with Crippen molar-refractivity contribution in [3.8, 4) is 5.69 Å². The number of hydrogen-bond acceptors (Lipinski definition) is 4. The zero-order valence-corrected chi connectivity index (χ0v) is 19.2. The Morgan fingerprint density at radius 3 is 2.35 bits per heavy atom. The fourth-order valence-electron chi connectivity index (χ4n) is 3.79. The Morgan fingerprint density at radius 1 is 1.00 bits per heavy atom. The molecule has 156 valence electrons. The third kappa shape index (κ3) is 3.12. The van der Waals surface area contributed by atoms with E-state index in [0.29, 0.717) is 22.0 Å². The third-order valence-electron chi connectivity index (χ3n) is 5.13. The number of nitrogens with one attached hydrogen (secondary N) is 1. The van der Waals surface area contributed by atoms with E-state index in [1.165, 1.54) is 0 Å². The van der Waals surface area contributed by atoms with Gasteiger partial charge in [-0.3, -0.25) is 9.99 Å². The smallest absolute Gasteiger partial charge is 0.332 e. The molecular formula is C22H18ClN4O2PS. The lowest BCUT2D eigenvalue weighted by Gasteiger charge is -2.38. The van der Waals surface area contributed by atoms with E-state index in [1.807, 2.05) is 56.3 Å². The summed E-state index contributed by atoms with van der Waals surface area (Å²) in [6.45, 7) is 3.77. The molecule has 5 rings (SSSR count). The number of para-hydroxylation sites is 1. The topological polar surface area (TPSA) is 63.3 Å². The Bertz CT molecular complexity index is 1350. The highest BCUT2D eigenvalue weighted by atomic mass is 35.5. The molecule has 6 nitrogen and oxygen atoms in total. The third-order valence-corrected chi connectivity index (χ3v) is 9.91. The number of benzene rings is 2. The van der Waals surface area contributed by atoms with Crippen molar-refractivity contribution >= 4 is 57.9 Å². The molecule has 0 saturated carbocycles. The zero-order valence-electron chi connectivity index (χ0n) is 16.7. The second-order valence-corrected chi connectivity index (χ2v) is 11.7. The monoisotopic (exact) mass is 468 g/mol. The van der Waals surface area contributed by atoms with Crippen LogP contribution in [0, 0.1) is 13.8 Å². The molecule has 0 fully saturated rings. The van der Waals surface area contributed by atoms with Crippen LogP contribution in [0.25, 0.3) is 5.69 Å². The minimum atomic E-state index is -2.91. The number of halogens is 1. The Labute approximate surface area is 189 Å². The van der Waals surface area contributed by atoms with Crippen molar-refractivity contribution in [2.45, 2.75) is 13.8 Å². The molecule has 1 aliphatic heterocycles. The van der Waals surface area contributed by atoms with E-state index >= 15 is 0 Å². The maximum atomic E-state index is 13.5. The van der Waals surface area contributed by atoms with Crippen molar-refractivity contribution in [2.75, 3.05) is 9.99 Å². The Morgan fingerprint density at radius 2 is 1.71 bits per heavy atom. The number of anilines is 2. The highest BCUT2D eigenvalue weighted by Crippen LogP contribution is 2.55. The summed E-state index contributed by atoms with van der Waals surface area (Å²) < 4.78 is 9.40. The van der Waals surface area contributed by atoms with E-state index in [9.17, 15) is 4.79 Å². The molecular weight excluding hydrogens is 451 g/mol. The van der Waals surface area contributed by atoms with Gasteiger partial charge in [0.15, 0.2) is 5.50 Å². The van der Waals surface area contributed by atoms with Crippen molar-refractivity contribution in [2.24, 2.45) is 0 Å². The average molecular weight is 469 g/mol. The molecule has 0 spiro atoms. The van der Waals surface area contributed by atoms with Crippen LogP contribution < -0.4 is 20.8 Å². The first-order chi connectivity index (χ1) is 14.9. The molecule has 1 aliphatic rings. The summed E-state index contributed by atoms with van der Waals surface area (Å²) in [7, 11) is 0. The maximum absolute atomic E-state index is 13.5. The summed E-state index contributed by atoms with van der Waals surface area (Å²) in [5.41, 5.74) is 2.82. The second-order valence-electron chi connectivity index (χ2n) is 7.21. The van der Waals surface area contributed by atoms with E-state index in [2.05, 4.69) is 5.32 Å². The van der Waals surface area contributed by atoms with E-state index in [0.717, 1.165) is 22.4 Å². The van der Waals surface area contributed by atoms with Gasteiger partial charge in [0.1, 0.15) is 17.8 Å². The Hall–Kier alpha value is -2.86. The summed E-state index contributed by atoms with van der Waals surface area (Å²) in [5.74, 6) is 1.31. The molecule has 4 aromatic rings. The van der Waals surface area contributed by atoms with Gasteiger partial charge in [0, 0.05) is 5.02 Å². The number of rotatable bonds is 3. The molecule has 31 heavy (non-hydrogen) atoms. The summed E-state index contributed by atoms with van der Waals surface area (Å²) >= 11 is 12.4. The highest BCUT2D eigenvalue weighted by molar-refractivity contribution is 8.23. The number of aromatic nitrogens is 2. The van der Waals surface area contributed by atoms with Crippen LogP contribution in [0.3, 0.4) is 0 Å². The van der Waals surface area contributed by atoms with Gasteiger partial charge in [0.25, 0.3) is 0 Å².